The monoisotopic (exact) mass is 354 g/mol. The minimum Gasteiger partial charge on any atom is -0.454 e. The highest BCUT2D eigenvalue weighted by molar-refractivity contribution is 7.89. The summed E-state index contributed by atoms with van der Waals surface area (Å²) >= 11 is 0. The van der Waals surface area contributed by atoms with Crippen LogP contribution in [-0.2, 0) is 10.0 Å². The lowest BCUT2D eigenvalue weighted by atomic mass is 10.1. The van der Waals surface area contributed by atoms with Crippen LogP contribution in [0, 0.1) is 0 Å². The van der Waals surface area contributed by atoms with Gasteiger partial charge in [0.2, 0.25) is 16.8 Å². The first kappa shape index (κ1) is 17.0. The van der Waals surface area contributed by atoms with Crippen LogP contribution in [0.4, 0.5) is 0 Å². The van der Waals surface area contributed by atoms with Crippen LogP contribution >= 0.6 is 0 Å². The van der Waals surface area contributed by atoms with E-state index in [1.165, 1.54) is 4.31 Å². The van der Waals surface area contributed by atoms with Crippen LogP contribution in [0.25, 0.3) is 0 Å². The van der Waals surface area contributed by atoms with Gasteiger partial charge in [-0.1, -0.05) is 6.92 Å². The van der Waals surface area contributed by atoms with E-state index in [2.05, 4.69) is 0 Å². The van der Waals surface area contributed by atoms with Gasteiger partial charge in [-0.05, 0) is 31.0 Å². The van der Waals surface area contributed by atoms with Crippen molar-refractivity contribution in [3.8, 4) is 11.5 Å². The third-order valence-corrected chi connectivity index (χ3v) is 6.29. The third kappa shape index (κ3) is 3.49. The van der Waals surface area contributed by atoms with Crippen LogP contribution in [0.1, 0.15) is 30.1 Å². The fourth-order valence-corrected chi connectivity index (χ4v) is 4.52. The maximum absolute atomic E-state index is 12.7. The molecule has 1 aromatic carbocycles. The SMILES string of the molecule is CCCS(=O)(=O)N1CCCN(C(=O)c2ccc3c(c2)OCO3)CC1. The Hall–Kier alpha value is -1.80. The number of hydrogen-bond acceptors (Lipinski definition) is 5. The molecule has 0 atom stereocenters. The number of sulfonamides is 1. The lowest BCUT2D eigenvalue weighted by Gasteiger charge is -2.22. The molecule has 1 fully saturated rings. The van der Waals surface area contributed by atoms with Gasteiger partial charge in [-0.25, -0.2) is 12.7 Å². The predicted molar refractivity (Wildman–Crippen MR) is 88.7 cm³/mol. The highest BCUT2D eigenvalue weighted by atomic mass is 32.2. The molecule has 0 spiro atoms. The summed E-state index contributed by atoms with van der Waals surface area (Å²) in [6.45, 7) is 3.78. The van der Waals surface area contributed by atoms with Crippen molar-refractivity contribution in [2.45, 2.75) is 19.8 Å². The molecular formula is C16H22N2O5S. The van der Waals surface area contributed by atoms with Crippen molar-refractivity contribution in [2.24, 2.45) is 0 Å². The predicted octanol–water partition coefficient (Wildman–Crippen LogP) is 1.30. The van der Waals surface area contributed by atoms with E-state index >= 15 is 0 Å². The Bertz CT molecular complexity index is 719. The fraction of sp³-hybridized carbons (Fsp3) is 0.562. The summed E-state index contributed by atoms with van der Waals surface area (Å²) in [5.41, 5.74) is 0.532. The Balaban J connectivity index is 1.69. The number of nitrogens with zero attached hydrogens (tertiary/aromatic N) is 2. The van der Waals surface area contributed by atoms with Crippen molar-refractivity contribution in [1.82, 2.24) is 9.21 Å². The average molecular weight is 354 g/mol. The normalized spacial score (nSPS) is 18.5. The van der Waals surface area contributed by atoms with E-state index in [4.69, 9.17) is 9.47 Å². The minimum absolute atomic E-state index is 0.108. The first-order valence-electron chi connectivity index (χ1n) is 8.18. The molecule has 1 amide bonds. The zero-order valence-corrected chi connectivity index (χ0v) is 14.5. The highest BCUT2D eigenvalue weighted by Gasteiger charge is 2.27. The molecule has 2 heterocycles. The van der Waals surface area contributed by atoms with Gasteiger partial charge in [0.1, 0.15) is 0 Å². The summed E-state index contributed by atoms with van der Waals surface area (Å²) in [4.78, 5) is 14.4. The maximum Gasteiger partial charge on any atom is 0.254 e. The molecule has 3 rings (SSSR count). The molecule has 132 valence electrons. The molecule has 0 aliphatic carbocycles. The van der Waals surface area contributed by atoms with E-state index in [-0.39, 0.29) is 18.5 Å². The van der Waals surface area contributed by atoms with Crippen LogP contribution in [0.15, 0.2) is 18.2 Å². The molecule has 2 aliphatic rings. The van der Waals surface area contributed by atoms with Crippen molar-refractivity contribution < 1.29 is 22.7 Å². The Labute approximate surface area is 142 Å². The lowest BCUT2D eigenvalue weighted by molar-refractivity contribution is 0.0764. The lowest BCUT2D eigenvalue weighted by Crippen LogP contribution is -2.38. The quantitative estimate of drug-likeness (QED) is 0.815. The Kier molecular flexibility index (Phi) is 4.96. The molecule has 1 saturated heterocycles. The number of hydrogen-bond donors (Lipinski definition) is 0. The minimum atomic E-state index is -3.22. The molecule has 0 aromatic heterocycles. The van der Waals surface area contributed by atoms with Gasteiger partial charge in [0, 0.05) is 31.7 Å². The van der Waals surface area contributed by atoms with Gasteiger partial charge < -0.3 is 14.4 Å². The fourth-order valence-electron chi connectivity index (χ4n) is 2.97. The molecule has 0 saturated carbocycles. The number of benzene rings is 1. The van der Waals surface area contributed by atoms with Crippen LogP contribution in [0.5, 0.6) is 11.5 Å². The number of amides is 1. The highest BCUT2D eigenvalue weighted by Crippen LogP contribution is 2.32. The molecule has 0 N–H and O–H groups in total. The molecule has 0 radical (unpaired) electrons. The van der Waals surface area contributed by atoms with Gasteiger partial charge in [0.15, 0.2) is 11.5 Å². The summed E-state index contributed by atoms with van der Waals surface area (Å²) in [5.74, 6) is 1.26. The second-order valence-corrected chi connectivity index (χ2v) is 8.02. The van der Waals surface area contributed by atoms with Gasteiger partial charge in [0.05, 0.1) is 5.75 Å². The Morgan fingerprint density at radius 3 is 2.71 bits per heavy atom. The first-order valence-corrected chi connectivity index (χ1v) is 9.79. The topological polar surface area (TPSA) is 76.2 Å². The molecule has 7 nitrogen and oxygen atoms in total. The van der Waals surface area contributed by atoms with Crippen molar-refractivity contribution in [1.29, 1.82) is 0 Å². The summed E-state index contributed by atoms with van der Waals surface area (Å²) < 4.78 is 36.5. The van der Waals surface area contributed by atoms with E-state index in [1.807, 2.05) is 6.92 Å². The van der Waals surface area contributed by atoms with Crippen LogP contribution < -0.4 is 9.47 Å². The standard InChI is InChI=1S/C16H22N2O5S/c1-2-10-24(20,21)18-7-3-6-17(8-9-18)16(19)13-4-5-14-15(11-13)23-12-22-14/h4-5,11H,2-3,6-10,12H2,1H3. The second kappa shape index (κ2) is 6.98. The Morgan fingerprint density at radius 1 is 1.12 bits per heavy atom. The molecule has 2 aliphatic heterocycles. The molecule has 0 unspecified atom stereocenters. The largest absolute Gasteiger partial charge is 0.454 e. The van der Waals surface area contributed by atoms with Crippen LogP contribution in [-0.4, -0.2) is 62.3 Å². The number of carbonyl (C=O) groups excluding carboxylic acids is 1. The van der Waals surface area contributed by atoms with E-state index in [9.17, 15) is 13.2 Å². The van der Waals surface area contributed by atoms with E-state index in [0.717, 1.165) is 0 Å². The number of ether oxygens (including phenoxy) is 2. The number of fused-ring (bicyclic) bond motifs is 1. The number of rotatable bonds is 4. The first-order chi connectivity index (χ1) is 11.5. The molecular weight excluding hydrogens is 332 g/mol. The van der Waals surface area contributed by atoms with Gasteiger partial charge in [-0.3, -0.25) is 4.79 Å². The molecule has 24 heavy (non-hydrogen) atoms. The third-order valence-electron chi connectivity index (χ3n) is 4.22. The average Bonchev–Trinajstić information content (AvgIpc) is 2.87. The maximum atomic E-state index is 12.7. The molecule has 0 bridgehead atoms. The van der Waals surface area contributed by atoms with E-state index in [1.54, 1.807) is 23.1 Å². The summed E-state index contributed by atoms with van der Waals surface area (Å²) in [5, 5.41) is 0. The van der Waals surface area contributed by atoms with Gasteiger partial charge >= 0.3 is 0 Å². The Morgan fingerprint density at radius 2 is 1.92 bits per heavy atom. The van der Waals surface area contributed by atoms with Gasteiger partial charge in [0.25, 0.3) is 5.91 Å². The van der Waals surface area contributed by atoms with Gasteiger partial charge in [-0.15, -0.1) is 0 Å². The van der Waals surface area contributed by atoms with Crippen molar-refractivity contribution in [2.75, 3.05) is 38.7 Å². The van der Waals surface area contributed by atoms with E-state index < -0.39 is 10.0 Å². The smallest absolute Gasteiger partial charge is 0.254 e. The zero-order chi connectivity index (χ0) is 17.2. The second-order valence-electron chi connectivity index (χ2n) is 5.93. The van der Waals surface area contributed by atoms with Crippen LogP contribution in [0.3, 0.4) is 0 Å². The number of carbonyl (C=O) groups is 1. The summed E-state index contributed by atoms with van der Waals surface area (Å²) in [6.07, 6.45) is 1.23. The van der Waals surface area contributed by atoms with E-state index in [0.29, 0.717) is 56.1 Å². The van der Waals surface area contributed by atoms with Crippen molar-refractivity contribution in [3.05, 3.63) is 23.8 Å². The van der Waals surface area contributed by atoms with Gasteiger partial charge in [-0.2, -0.15) is 0 Å². The van der Waals surface area contributed by atoms with Crippen LogP contribution in [0.2, 0.25) is 0 Å². The zero-order valence-electron chi connectivity index (χ0n) is 13.7. The van der Waals surface area contributed by atoms with Crippen molar-refractivity contribution >= 4 is 15.9 Å². The summed E-state index contributed by atoms with van der Waals surface area (Å²) in [6, 6.07) is 5.12. The molecule has 1 aromatic rings. The van der Waals surface area contributed by atoms with Crippen molar-refractivity contribution in [3.63, 3.8) is 0 Å². The molecule has 8 heteroatoms. The summed E-state index contributed by atoms with van der Waals surface area (Å²) in [7, 11) is -3.22.